The fourth-order valence-corrected chi connectivity index (χ4v) is 1.73. The average molecular weight is 242 g/mol. The number of hydrogen-bond donors (Lipinski definition) is 0. The summed E-state index contributed by atoms with van der Waals surface area (Å²) in [6, 6.07) is 10.0. The van der Waals surface area contributed by atoms with Crippen LogP contribution in [0.5, 0.6) is 0 Å². The fraction of sp³-hybridized carbons (Fsp3) is 0.412. The van der Waals surface area contributed by atoms with Gasteiger partial charge in [0, 0.05) is 12.0 Å². The molecule has 1 aromatic rings. The van der Waals surface area contributed by atoms with Crippen LogP contribution in [-0.4, -0.2) is 0 Å². The second kappa shape index (κ2) is 9.36. The average Bonchev–Trinajstić information content (AvgIpc) is 2.42. The van der Waals surface area contributed by atoms with Crippen molar-refractivity contribution in [1.29, 1.82) is 0 Å². The monoisotopic (exact) mass is 242 g/mol. The molecule has 0 amide bonds. The van der Waals surface area contributed by atoms with Crippen LogP contribution < -0.4 is 0 Å². The Morgan fingerprint density at radius 2 is 2.00 bits per heavy atom. The highest BCUT2D eigenvalue weighted by Gasteiger charge is 2.05. The van der Waals surface area contributed by atoms with Crippen LogP contribution in [0, 0.1) is 11.8 Å². The van der Waals surface area contributed by atoms with E-state index in [0.717, 1.165) is 12.0 Å². The van der Waals surface area contributed by atoms with E-state index in [4.69, 9.17) is 4.74 Å². The molecule has 1 aromatic carbocycles. The van der Waals surface area contributed by atoms with Gasteiger partial charge in [0.25, 0.3) is 0 Å². The maximum atomic E-state index is 5.45. The first-order chi connectivity index (χ1) is 8.88. The van der Waals surface area contributed by atoms with E-state index in [1.165, 1.54) is 31.9 Å². The normalized spacial score (nSPS) is 11.2. The minimum atomic E-state index is -0.185. The van der Waals surface area contributed by atoms with E-state index in [0.29, 0.717) is 0 Å². The van der Waals surface area contributed by atoms with Crippen molar-refractivity contribution in [2.45, 2.75) is 45.1 Å². The Labute approximate surface area is 111 Å². The summed E-state index contributed by atoms with van der Waals surface area (Å²) in [5.74, 6) is 6.38. The second-order valence-corrected chi connectivity index (χ2v) is 4.23. The van der Waals surface area contributed by atoms with E-state index in [1.54, 1.807) is 0 Å². The molecule has 0 N–H and O–H groups in total. The molecule has 0 saturated heterocycles. The smallest absolute Gasteiger partial charge is 0.183 e. The summed E-state index contributed by atoms with van der Waals surface area (Å²) in [4.78, 5) is 0. The van der Waals surface area contributed by atoms with Crippen LogP contribution >= 0.6 is 0 Å². The lowest BCUT2D eigenvalue weighted by atomic mass is 10.1. The molecule has 1 heteroatoms. The molecule has 0 saturated carbocycles. The zero-order valence-corrected chi connectivity index (χ0v) is 11.2. The van der Waals surface area contributed by atoms with Crippen molar-refractivity contribution in [2.24, 2.45) is 0 Å². The predicted molar refractivity (Wildman–Crippen MR) is 77.0 cm³/mol. The topological polar surface area (TPSA) is 9.23 Å². The molecule has 1 nitrogen and oxygen atoms in total. The van der Waals surface area contributed by atoms with Crippen LogP contribution in [0.2, 0.25) is 0 Å². The largest absolute Gasteiger partial charge is 0.481 e. The lowest BCUT2D eigenvalue weighted by molar-refractivity contribution is 0.199. The highest BCUT2D eigenvalue weighted by atomic mass is 16.5. The molecule has 1 rings (SSSR count). The van der Waals surface area contributed by atoms with Gasteiger partial charge in [-0.05, 0) is 6.42 Å². The Kier molecular flexibility index (Phi) is 7.48. The maximum Gasteiger partial charge on any atom is 0.183 e. The van der Waals surface area contributed by atoms with E-state index in [9.17, 15) is 0 Å². The molecular weight excluding hydrogens is 220 g/mol. The molecule has 0 aliphatic carbocycles. The van der Waals surface area contributed by atoms with Crippen LogP contribution in [0.15, 0.2) is 43.2 Å². The highest BCUT2D eigenvalue weighted by molar-refractivity contribution is 5.25. The highest BCUT2D eigenvalue weighted by Crippen LogP contribution is 2.16. The van der Waals surface area contributed by atoms with Gasteiger partial charge in [0.1, 0.15) is 0 Å². The number of hydrogen-bond acceptors (Lipinski definition) is 1. The molecule has 0 radical (unpaired) electrons. The molecule has 0 aliphatic heterocycles. The third kappa shape index (κ3) is 5.59. The Balaban J connectivity index is 2.48. The minimum Gasteiger partial charge on any atom is -0.481 e. The van der Waals surface area contributed by atoms with Crippen LogP contribution in [-0.2, 0) is 4.74 Å². The Bertz CT molecular complexity index is 383. The van der Waals surface area contributed by atoms with Crippen LogP contribution in [0.25, 0.3) is 0 Å². The van der Waals surface area contributed by atoms with Crippen molar-refractivity contribution in [3.63, 3.8) is 0 Å². The lowest BCUT2D eigenvalue weighted by Gasteiger charge is -2.09. The van der Waals surface area contributed by atoms with Gasteiger partial charge in [0.05, 0.1) is 6.26 Å². The lowest BCUT2D eigenvalue weighted by Crippen LogP contribution is -1.96. The summed E-state index contributed by atoms with van der Waals surface area (Å²) >= 11 is 0. The van der Waals surface area contributed by atoms with E-state index in [1.807, 2.05) is 30.3 Å². The second-order valence-electron chi connectivity index (χ2n) is 4.23. The minimum absolute atomic E-state index is 0.185. The molecule has 18 heavy (non-hydrogen) atoms. The molecular formula is C17H22O. The van der Waals surface area contributed by atoms with Crippen molar-refractivity contribution >= 4 is 0 Å². The Morgan fingerprint density at radius 3 is 2.67 bits per heavy atom. The molecule has 0 aromatic heterocycles. The van der Waals surface area contributed by atoms with Crippen LogP contribution in [0.3, 0.4) is 0 Å². The van der Waals surface area contributed by atoms with Crippen molar-refractivity contribution in [2.75, 3.05) is 0 Å². The summed E-state index contributed by atoms with van der Waals surface area (Å²) in [7, 11) is 0. The summed E-state index contributed by atoms with van der Waals surface area (Å²) in [6.45, 7) is 5.82. The maximum absolute atomic E-state index is 5.45. The molecule has 1 unspecified atom stereocenters. The van der Waals surface area contributed by atoms with Crippen molar-refractivity contribution in [3.8, 4) is 11.8 Å². The quantitative estimate of drug-likeness (QED) is 0.377. The molecule has 0 heterocycles. The standard InChI is InChI=1S/C17H22O/c1-3-5-6-7-8-12-15-17(18-4-2)16-13-10-9-11-14-16/h4,9-11,13-14,17H,2-3,5-8H2,1H3. The summed E-state index contributed by atoms with van der Waals surface area (Å²) in [5.41, 5.74) is 1.08. The third-order valence-electron chi connectivity index (χ3n) is 2.72. The summed E-state index contributed by atoms with van der Waals surface area (Å²) in [5, 5.41) is 0. The number of ether oxygens (including phenoxy) is 1. The number of rotatable bonds is 7. The van der Waals surface area contributed by atoms with Gasteiger partial charge in [-0.3, -0.25) is 0 Å². The van der Waals surface area contributed by atoms with Crippen molar-refractivity contribution in [1.82, 2.24) is 0 Å². The SMILES string of the molecule is C=COC(C#CCCCCCC)c1ccccc1. The molecule has 0 fully saturated rings. The van der Waals surface area contributed by atoms with Crippen molar-refractivity contribution < 1.29 is 4.74 Å². The Hall–Kier alpha value is -1.68. The van der Waals surface area contributed by atoms with Gasteiger partial charge in [-0.1, -0.05) is 74.9 Å². The van der Waals surface area contributed by atoms with Gasteiger partial charge >= 0.3 is 0 Å². The molecule has 1 atom stereocenters. The first-order valence-electron chi connectivity index (χ1n) is 6.68. The van der Waals surface area contributed by atoms with Crippen LogP contribution in [0.1, 0.15) is 50.7 Å². The van der Waals surface area contributed by atoms with E-state index in [2.05, 4.69) is 25.3 Å². The van der Waals surface area contributed by atoms with E-state index in [-0.39, 0.29) is 6.10 Å². The van der Waals surface area contributed by atoms with Gasteiger partial charge < -0.3 is 4.74 Å². The van der Waals surface area contributed by atoms with E-state index >= 15 is 0 Å². The summed E-state index contributed by atoms with van der Waals surface area (Å²) < 4.78 is 5.45. The number of unbranched alkanes of at least 4 members (excludes halogenated alkanes) is 4. The summed E-state index contributed by atoms with van der Waals surface area (Å²) in [6.07, 6.45) is 7.23. The number of benzene rings is 1. The van der Waals surface area contributed by atoms with Gasteiger partial charge in [-0.15, -0.1) is 0 Å². The Morgan fingerprint density at radius 1 is 1.22 bits per heavy atom. The molecule has 0 aliphatic rings. The van der Waals surface area contributed by atoms with Crippen LogP contribution in [0.4, 0.5) is 0 Å². The van der Waals surface area contributed by atoms with E-state index < -0.39 is 0 Å². The molecule has 96 valence electrons. The predicted octanol–water partition coefficient (Wildman–Crippen LogP) is 4.86. The van der Waals surface area contributed by atoms with Gasteiger partial charge in [-0.25, -0.2) is 0 Å². The van der Waals surface area contributed by atoms with Gasteiger partial charge in [0.2, 0.25) is 0 Å². The first-order valence-corrected chi connectivity index (χ1v) is 6.68. The third-order valence-corrected chi connectivity index (χ3v) is 2.72. The van der Waals surface area contributed by atoms with Crippen molar-refractivity contribution in [3.05, 3.63) is 48.7 Å². The van der Waals surface area contributed by atoms with Gasteiger partial charge in [-0.2, -0.15) is 0 Å². The molecule has 0 bridgehead atoms. The fourth-order valence-electron chi connectivity index (χ4n) is 1.73. The molecule has 0 spiro atoms. The first kappa shape index (κ1) is 14.4. The van der Waals surface area contributed by atoms with Gasteiger partial charge in [0.15, 0.2) is 6.10 Å². The zero-order chi connectivity index (χ0) is 13.1. The zero-order valence-electron chi connectivity index (χ0n) is 11.2.